The number of hydrogen-bond donors (Lipinski definition) is 1. The van der Waals surface area contributed by atoms with Crippen molar-refractivity contribution < 1.29 is 14.0 Å². The Morgan fingerprint density at radius 1 is 1.00 bits per heavy atom. The van der Waals surface area contributed by atoms with E-state index in [2.05, 4.69) is 5.32 Å². The van der Waals surface area contributed by atoms with Gasteiger partial charge in [0.1, 0.15) is 5.82 Å². The van der Waals surface area contributed by atoms with E-state index in [1.807, 2.05) is 75.5 Å². The van der Waals surface area contributed by atoms with Gasteiger partial charge in [0, 0.05) is 44.0 Å². The third-order valence-electron chi connectivity index (χ3n) is 5.12. The van der Waals surface area contributed by atoms with Crippen LogP contribution >= 0.6 is 11.3 Å². The molecule has 0 aliphatic heterocycles. The maximum Gasteiger partial charge on any atom is 0.265 e. The lowest BCUT2D eigenvalue weighted by atomic mass is 9.94. The molecule has 0 saturated carbocycles. The Balaban J connectivity index is 1.93. The van der Waals surface area contributed by atoms with Crippen molar-refractivity contribution in [2.24, 2.45) is 5.41 Å². The molecule has 0 spiro atoms. The number of carbonyl (C=O) groups is 2. The Kier molecular flexibility index (Phi) is 7.53. The average Bonchev–Trinajstić information content (AvgIpc) is 3.27. The van der Waals surface area contributed by atoms with Crippen LogP contribution < -0.4 is 10.2 Å². The van der Waals surface area contributed by atoms with Crippen molar-refractivity contribution in [3.8, 4) is 0 Å². The molecule has 0 aliphatic rings. The van der Waals surface area contributed by atoms with E-state index in [0.717, 1.165) is 16.8 Å². The summed E-state index contributed by atoms with van der Waals surface area (Å²) in [7, 11) is 3.87. The van der Waals surface area contributed by atoms with E-state index in [1.165, 1.54) is 23.5 Å². The van der Waals surface area contributed by atoms with Gasteiger partial charge in [0.15, 0.2) is 0 Å². The lowest BCUT2D eigenvalue weighted by molar-refractivity contribution is -0.140. The van der Waals surface area contributed by atoms with Gasteiger partial charge in [-0.2, -0.15) is 0 Å². The third-order valence-corrected chi connectivity index (χ3v) is 5.99. The number of rotatable bonds is 7. The molecule has 33 heavy (non-hydrogen) atoms. The maximum atomic E-state index is 13.8. The first-order valence-electron chi connectivity index (χ1n) is 10.7. The van der Waals surface area contributed by atoms with Crippen molar-refractivity contribution in [3.05, 3.63) is 81.8 Å². The Labute approximate surface area is 198 Å². The second-order valence-electron chi connectivity index (χ2n) is 9.21. The van der Waals surface area contributed by atoms with Crippen molar-refractivity contribution in [1.82, 2.24) is 4.90 Å². The molecule has 0 fully saturated rings. The van der Waals surface area contributed by atoms with E-state index >= 15 is 0 Å². The van der Waals surface area contributed by atoms with Crippen LogP contribution in [0.4, 0.5) is 15.8 Å². The second kappa shape index (κ2) is 10.2. The van der Waals surface area contributed by atoms with E-state index in [9.17, 15) is 14.0 Å². The highest BCUT2D eigenvalue weighted by atomic mass is 32.1. The lowest BCUT2D eigenvalue weighted by Gasteiger charge is -2.31. The summed E-state index contributed by atoms with van der Waals surface area (Å²) < 4.78 is 13.8. The maximum absolute atomic E-state index is 13.8. The number of halogens is 1. The minimum Gasteiger partial charge on any atom is -0.377 e. The monoisotopic (exact) mass is 467 g/mol. The van der Waals surface area contributed by atoms with Gasteiger partial charge >= 0.3 is 0 Å². The predicted octanol–water partition coefficient (Wildman–Crippen LogP) is 5.78. The fourth-order valence-corrected chi connectivity index (χ4v) is 4.18. The normalized spacial score (nSPS) is 11.2. The van der Waals surface area contributed by atoms with Crippen LogP contribution in [0.2, 0.25) is 0 Å². The predicted molar refractivity (Wildman–Crippen MR) is 133 cm³/mol. The summed E-state index contributed by atoms with van der Waals surface area (Å²) in [5, 5.41) is 4.80. The summed E-state index contributed by atoms with van der Waals surface area (Å²) in [5.74, 6) is -0.539. The van der Waals surface area contributed by atoms with Crippen molar-refractivity contribution in [3.63, 3.8) is 0 Å². The molecule has 2 amide bonds. The van der Waals surface area contributed by atoms with Gasteiger partial charge in [-0.3, -0.25) is 9.59 Å². The van der Waals surface area contributed by atoms with Crippen LogP contribution in [-0.2, 0) is 17.9 Å². The first kappa shape index (κ1) is 24.5. The molecule has 0 unspecified atom stereocenters. The van der Waals surface area contributed by atoms with Crippen LogP contribution in [0.15, 0.2) is 60.0 Å². The van der Waals surface area contributed by atoms with Gasteiger partial charge in [-0.25, -0.2) is 4.39 Å². The number of thiophene rings is 1. The van der Waals surface area contributed by atoms with Crippen LogP contribution in [0, 0.1) is 11.2 Å². The summed E-state index contributed by atoms with van der Waals surface area (Å²) in [5.41, 5.74) is 2.61. The molecule has 0 bridgehead atoms. The summed E-state index contributed by atoms with van der Waals surface area (Å²) >= 11 is 1.38. The minimum atomic E-state index is -0.601. The number of nitrogens with zero attached hydrogens (tertiary/aromatic N) is 2. The molecule has 3 aromatic rings. The quantitative estimate of drug-likeness (QED) is 0.479. The highest BCUT2D eigenvalue weighted by Crippen LogP contribution is 2.28. The molecule has 0 atom stereocenters. The number of hydrogen-bond acceptors (Lipinski definition) is 4. The molecule has 0 aliphatic carbocycles. The van der Waals surface area contributed by atoms with Crippen LogP contribution in [0.25, 0.3) is 0 Å². The van der Waals surface area contributed by atoms with E-state index in [4.69, 9.17) is 0 Å². The summed E-state index contributed by atoms with van der Waals surface area (Å²) in [6.45, 7) is 6.23. The first-order valence-corrected chi connectivity index (χ1v) is 11.6. The Morgan fingerprint density at radius 3 is 2.36 bits per heavy atom. The van der Waals surface area contributed by atoms with E-state index in [1.54, 1.807) is 17.0 Å². The van der Waals surface area contributed by atoms with E-state index < -0.39 is 5.41 Å². The van der Waals surface area contributed by atoms with E-state index in [0.29, 0.717) is 17.1 Å². The molecule has 1 N–H and O–H groups in total. The Bertz CT molecular complexity index is 1120. The van der Waals surface area contributed by atoms with Crippen molar-refractivity contribution in [2.45, 2.75) is 33.9 Å². The molecule has 5 nitrogen and oxygen atoms in total. The van der Waals surface area contributed by atoms with Gasteiger partial charge in [0.05, 0.1) is 4.88 Å². The number of benzene rings is 2. The fraction of sp³-hybridized carbons (Fsp3) is 0.308. The SMILES string of the molecule is CN(C)c1ccc(NC(=O)c2cccs2)cc1CN(Cc1cccc(F)c1)C(=O)C(C)(C)C. The van der Waals surface area contributed by atoms with Crippen molar-refractivity contribution in [2.75, 3.05) is 24.3 Å². The fourth-order valence-electron chi connectivity index (χ4n) is 3.56. The lowest BCUT2D eigenvalue weighted by Crippen LogP contribution is -2.39. The van der Waals surface area contributed by atoms with E-state index in [-0.39, 0.29) is 24.2 Å². The Morgan fingerprint density at radius 2 is 1.76 bits per heavy atom. The van der Waals surface area contributed by atoms with Crippen LogP contribution in [0.3, 0.4) is 0 Å². The summed E-state index contributed by atoms with van der Waals surface area (Å²) in [4.78, 5) is 30.2. The molecule has 0 saturated heterocycles. The molecule has 1 heterocycles. The molecule has 174 valence electrons. The van der Waals surface area contributed by atoms with Gasteiger partial charge in [-0.05, 0) is 52.9 Å². The summed E-state index contributed by atoms with van der Waals surface area (Å²) in [6.07, 6.45) is 0. The Hall–Kier alpha value is -3.19. The zero-order valence-corrected chi connectivity index (χ0v) is 20.5. The molecular weight excluding hydrogens is 437 g/mol. The highest BCUT2D eigenvalue weighted by molar-refractivity contribution is 7.12. The summed E-state index contributed by atoms with van der Waals surface area (Å²) in [6, 6.07) is 15.6. The standard InChI is InChI=1S/C26H30FN3O2S/c1-26(2,3)25(32)30(16-18-8-6-9-20(27)14-18)17-19-15-21(11-12-22(19)29(4)5)28-24(31)23-10-7-13-33-23/h6-15H,16-17H2,1-5H3,(H,28,31). The van der Waals surface area contributed by atoms with Crippen molar-refractivity contribution >= 4 is 34.5 Å². The van der Waals surface area contributed by atoms with Crippen LogP contribution in [0.1, 0.15) is 41.6 Å². The second-order valence-corrected chi connectivity index (χ2v) is 10.2. The first-order chi connectivity index (χ1) is 15.5. The molecule has 7 heteroatoms. The van der Waals surface area contributed by atoms with Gasteiger partial charge in [-0.1, -0.05) is 39.0 Å². The van der Waals surface area contributed by atoms with Crippen LogP contribution in [0.5, 0.6) is 0 Å². The van der Waals surface area contributed by atoms with Gasteiger partial charge < -0.3 is 15.1 Å². The number of anilines is 2. The minimum absolute atomic E-state index is 0.0375. The van der Waals surface area contributed by atoms with Gasteiger partial charge in [-0.15, -0.1) is 11.3 Å². The average molecular weight is 468 g/mol. The molecule has 1 aromatic heterocycles. The topological polar surface area (TPSA) is 52.7 Å². The smallest absolute Gasteiger partial charge is 0.265 e. The van der Waals surface area contributed by atoms with Gasteiger partial charge in [0.25, 0.3) is 5.91 Å². The zero-order chi connectivity index (χ0) is 24.2. The van der Waals surface area contributed by atoms with Gasteiger partial charge in [0.2, 0.25) is 5.91 Å². The number of carbonyl (C=O) groups excluding carboxylic acids is 2. The van der Waals surface area contributed by atoms with Crippen LogP contribution in [-0.4, -0.2) is 30.8 Å². The largest absolute Gasteiger partial charge is 0.377 e. The molecule has 3 rings (SSSR count). The molecule has 0 radical (unpaired) electrons. The zero-order valence-electron chi connectivity index (χ0n) is 19.7. The highest BCUT2D eigenvalue weighted by Gasteiger charge is 2.28. The number of amides is 2. The third kappa shape index (κ3) is 6.42. The molecular formula is C26H30FN3O2S. The number of nitrogens with one attached hydrogen (secondary N) is 1. The van der Waals surface area contributed by atoms with Crippen molar-refractivity contribution in [1.29, 1.82) is 0 Å². The molecule has 2 aromatic carbocycles.